The predicted octanol–water partition coefficient (Wildman–Crippen LogP) is 1.38. The fourth-order valence-corrected chi connectivity index (χ4v) is 3.40. The first-order valence-corrected chi connectivity index (χ1v) is 8.61. The maximum absolute atomic E-state index is 10.8. The summed E-state index contributed by atoms with van der Waals surface area (Å²) in [6.07, 6.45) is 2.35. The zero-order chi connectivity index (χ0) is 15.9. The Labute approximate surface area is 135 Å². The van der Waals surface area contributed by atoms with Crippen LogP contribution in [-0.2, 0) is 6.54 Å². The SMILES string of the molecule is CCC[NH+](CCC)Cc1cccc(-c2nc(C(=O)[O-])cs2)c1. The van der Waals surface area contributed by atoms with E-state index < -0.39 is 5.97 Å². The Morgan fingerprint density at radius 2 is 2.00 bits per heavy atom. The zero-order valence-corrected chi connectivity index (χ0v) is 13.9. The van der Waals surface area contributed by atoms with E-state index in [4.69, 9.17) is 0 Å². The van der Waals surface area contributed by atoms with Gasteiger partial charge in [-0.05, 0) is 18.9 Å². The van der Waals surface area contributed by atoms with Crippen molar-refractivity contribution in [2.45, 2.75) is 33.2 Å². The molecule has 0 bridgehead atoms. The Morgan fingerprint density at radius 1 is 1.27 bits per heavy atom. The second-order valence-corrected chi connectivity index (χ2v) is 6.31. The van der Waals surface area contributed by atoms with Gasteiger partial charge in [-0.2, -0.15) is 0 Å². The number of carboxylic acids is 1. The van der Waals surface area contributed by atoms with Crippen molar-refractivity contribution in [3.05, 3.63) is 40.9 Å². The molecule has 0 aliphatic heterocycles. The highest BCUT2D eigenvalue weighted by molar-refractivity contribution is 7.13. The van der Waals surface area contributed by atoms with Gasteiger partial charge < -0.3 is 14.8 Å². The smallest absolute Gasteiger partial charge is 0.124 e. The lowest BCUT2D eigenvalue weighted by molar-refractivity contribution is -0.914. The maximum atomic E-state index is 10.8. The first kappa shape index (κ1) is 16.6. The number of rotatable bonds is 8. The van der Waals surface area contributed by atoms with E-state index in [-0.39, 0.29) is 5.69 Å². The Hall–Kier alpha value is -1.72. The monoisotopic (exact) mass is 318 g/mol. The van der Waals surface area contributed by atoms with Crippen LogP contribution in [0.1, 0.15) is 42.7 Å². The molecule has 0 atom stereocenters. The molecule has 0 aliphatic rings. The van der Waals surface area contributed by atoms with Crippen LogP contribution in [0.4, 0.5) is 0 Å². The number of thiazole rings is 1. The Balaban J connectivity index is 2.16. The highest BCUT2D eigenvalue weighted by atomic mass is 32.1. The molecule has 2 rings (SSSR count). The molecule has 0 saturated carbocycles. The number of aromatic nitrogens is 1. The van der Waals surface area contributed by atoms with Gasteiger partial charge in [-0.1, -0.05) is 32.0 Å². The molecule has 5 heteroatoms. The van der Waals surface area contributed by atoms with E-state index in [1.807, 2.05) is 12.1 Å². The van der Waals surface area contributed by atoms with E-state index in [0.29, 0.717) is 0 Å². The third kappa shape index (κ3) is 4.39. The van der Waals surface area contributed by atoms with Gasteiger partial charge in [0.1, 0.15) is 11.6 Å². The average molecular weight is 318 g/mol. The Bertz CT molecular complexity index is 619. The molecule has 1 aromatic heterocycles. The summed E-state index contributed by atoms with van der Waals surface area (Å²) >= 11 is 1.34. The summed E-state index contributed by atoms with van der Waals surface area (Å²) in [5, 5.41) is 13.1. The molecule has 0 amide bonds. The van der Waals surface area contributed by atoms with Gasteiger partial charge in [0.25, 0.3) is 0 Å². The van der Waals surface area contributed by atoms with Crippen molar-refractivity contribution in [3.63, 3.8) is 0 Å². The van der Waals surface area contributed by atoms with Gasteiger partial charge in [0.2, 0.25) is 0 Å². The van der Waals surface area contributed by atoms with E-state index in [1.54, 1.807) is 4.90 Å². The Kier molecular flexibility index (Phi) is 6.10. The van der Waals surface area contributed by atoms with Crippen molar-refractivity contribution in [2.24, 2.45) is 0 Å². The molecule has 1 heterocycles. The summed E-state index contributed by atoms with van der Waals surface area (Å²) in [6, 6.07) is 8.23. The summed E-state index contributed by atoms with van der Waals surface area (Å²) in [7, 11) is 0. The normalized spacial score (nSPS) is 11.0. The molecule has 1 aromatic carbocycles. The first-order valence-electron chi connectivity index (χ1n) is 7.73. The lowest BCUT2D eigenvalue weighted by atomic mass is 10.1. The second-order valence-electron chi connectivity index (χ2n) is 5.45. The lowest BCUT2D eigenvalue weighted by Gasteiger charge is -2.18. The highest BCUT2D eigenvalue weighted by Crippen LogP contribution is 2.24. The molecule has 0 spiro atoms. The third-order valence-electron chi connectivity index (χ3n) is 3.55. The molecule has 2 aromatic rings. The number of nitrogens with zero attached hydrogens (tertiary/aromatic N) is 1. The van der Waals surface area contributed by atoms with Gasteiger partial charge >= 0.3 is 0 Å². The van der Waals surface area contributed by atoms with Gasteiger partial charge in [-0.15, -0.1) is 11.3 Å². The van der Waals surface area contributed by atoms with Gasteiger partial charge in [-0.25, -0.2) is 4.98 Å². The van der Waals surface area contributed by atoms with Gasteiger partial charge in [-0.3, -0.25) is 0 Å². The minimum Gasteiger partial charge on any atom is -0.543 e. The van der Waals surface area contributed by atoms with Gasteiger partial charge in [0.05, 0.1) is 24.8 Å². The molecule has 0 aliphatic carbocycles. The highest BCUT2D eigenvalue weighted by Gasteiger charge is 2.10. The first-order chi connectivity index (χ1) is 10.6. The quantitative estimate of drug-likeness (QED) is 0.800. The van der Waals surface area contributed by atoms with Crippen molar-refractivity contribution in [1.82, 2.24) is 4.98 Å². The molecule has 118 valence electrons. The molecule has 0 unspecified atom stereocenters. The summed E-state index contributed by atoms with van der Waals surface area (Å²) in [5.41, 5.74) is 2.25. The van der Waals surface area contributed by atoms with Crippen molar-refractivity contribution >= 4 is 17.3 Å². The second kappa shape index (κ2) is 8.06. The minimum absolute atomic E-state index is 0.00891. The third-order valence-corrected chi connectivity index (χ3v) is 4.44. The standard InChI is InChI=1S/C17H22N2O2S/c1-3-8-19(9-4-2)11-13-6-5-7-14(10-13)16-18-15(12-22-16)17(20)21/h5-7,10,12H,3-4,8-9,11H2,1-2H3,(H,20,21). The molecule has 22 heavy (non-hydrogen) atoms. The summed E-state index contributed by atoms with van der Waals surface area (Å²) in [4.78, 5) is 16.5. The molecule has 0 fully saturated rings. The van der Waals surface area contributed by atoms with E-state index in [2.05, 4.69) is 31.0 Å². The van der Waals surface area contributed by atoms with Gasteiger partial charge in [0.15, 0.2) is 0 Å². The minimum atomic E-state index is -1.22. The van der Waals surface area contributed by atoms with Crippen molar-refractivity contribution < 1.29 is 14.8 Å². The Morgan fingerprint density at radius 3 is 2.59 bits per heavy atom. The number of quaternary nitrogens is 1. The van der Waals surface area contributed by atoms with Crippen LogP contribution in [0, 0.1) is 0 Å². The number of hydrogen-bond acceptors (Lipinski definition) is 4. The van der Waals surface area contributed by atoms with E-state index in [9.17, 15) is 9.90 Å². The van der Waals surface area contributed by atoms with E-state index in [1.165, 1.54) is 48.2 Å². The zero-order valence-electron chi connectivity index (χ0n) is 13.1. The van der Waals surface area contributed by atoms with Crippen molar-refractivity contribution in [2.75, 3.05) is 13.1 Å². The van der Waals surface area contributed by atoms with Crippen LogP contribution < -0.4 is 10.0 Å². The number of hydrogen-bond donors (Lipinski definition) is 1. The fourth-order valence-electron chi connectivity index (χ4n) is 2.61. The lowest BCUT2D eigenvalue weighted by Crippen LogP contribution is -3.10. The van der Waals surface area contributed by atoms with Crippen LogP contribution >= 0.6 is 11.3 Å². The van der Waals surface area contributed by atoms with Crippen LogP contribution in [0.15, 0.2) is 29.6 Å². The van der Waals surface area contributed by atoms with Crippen molar-refractivity contribution in [1.29, 1.82) is 0 Å². The average Bonchev–Trinajstić information content (AvgIpc) is 2.98. The van der Waals surface area contributed by atoms with Crippen LogP contribution in [0.25, 0.3) is 10.6 Å². The number of benzene rings is 1. The van der Waals surface area contributed by atoms with E-state index in [0.717, 1.165) is 17.1 Å². The van der Waals surface area contributed by atoms with E-state index >= 15 is 0 Å². The predicted molar refractivity (Wildman–Crippen MR) is 86.9 cm³/mol. The van der Waals surface area contributed by atoms with Gasteiger partial charge in [0, 0.05) is 16.5 Å². The number of carbonyl (C=O) groups is 1. The molecule has 4 nitrogen and oxygen atoms in total. The van der Waals surface area contributed by atoms with Crippen LogP contribution in [-0.4, -0.2) is 24.0 Å². The number of nitrogens with one attached hydrogen (secondary N) is 1. The number of carbonyl (C=O) groups excluding carboxylic acids is 1. The molecular formula is C17H22N2O2S. The maximum Gasteiger partial charge on any atom is 0.124 e. The van der Waals surface area contributed by atoms with Crippen LogP contribution in [0.2, 0.25) is 0 Å². The summed E-state index contributed by atoms with van der Waals surface area (Å²) in [6.45, 7) is 7.76. The number of carboxylic acid groups (broad SMARTS) is 1. The molecule has 0 radical (unpaired) electrons. The largest absolute Gasteiger partial charge is 0.543 e. The molecule has 1 N–H and O–H groups in total. The summed E-state index contributed by atoms with van der Waals surface area (Å²) < 4.78 is 0. The molecule has 0 saturated heterocycles. The fraction of sp³-hybridized carbons (Fsp3) is 0.412. The topological polar surface area (TPSA) is 57.5 Å². The van der Waals surface area contributed by atoms with Crippen molar-refractivity contribution in [3.8, 4) is 10.6 Å². The summed E-state index contributed by atoms with van der Waals surface area (Å²) in [5.74, 6) is -1.22. The van der Waals surface area contributed by atoms with Crippen LogP contribution in [0.5, 0.6) is 0 Å². The van der Waals surface area contributed by atoms with Crippen LogP contribution in [0.3, 0.4) is 0 Å². The molecular weight excluding hydrogens is 296 g/mol. The number of aromatic carboxylic acids is 1.